The number of carboxylic acid groups (broad SMARTS) is 1. The van der Waals surface area contributed by atoms with Gasteiger partial charge in [0, 0.05) is 11.8 Å². The predicted molar refractivity (Wildman–Crippen MR) is 65.7 cm³/mol. The molecule has 0 saturated carbocycles. The van der Waals surface area contributed by atoms with E-state index in [1.165, 1.54) is 5.56 Å². The summed E-state index contributed by atoms with van der Waals surface area (Å²) in [6.45, 7) is 2.03. The minimum absolute atomic E-state index is 0.0151. The lowest BCUT2D eigenvalue weighted by atomic mass is 10.1. The van der Waals surface area contributed by atoms with Gasteiger partial charge in [0.1, 0.15) is 0 Å². The Hall–Kier alpha value is -2.16. The Morgan fingerprint density at radius 2 is 1.88 bits per heavy atom. The SMILES string of the molecule is Cc1ccc(-c2ccc(CC(=O)O)cn2)cc1. The van der Waals surface area contributed by atoms with Crippen LogP contribution in [0.25, 0.3) is 11.3 Å². The van der Waals surface area contributed by atoms with Crippen molar-refractivity contribution in [1.29, 1.82) is 0 Å². The van der Waals surface area contributed by atoms with Crippen molar-refractivity contribution in [1.82, 2.24) is 4.98 Å². The first-order valence-corrected chi connectivity index (χ1v) is 5.39. The Kier molecular flexibility index (Phi) is 3.19. The van der Waals surface area contributed by atoms with Crippen molar-refractivity contribution in [2.75, 3.05) is 0 Å². The molecule has 1 aromatic heterocycles. The fraction of sp³-hybridized carbons (Fsp3) is 0.143. The highest BCUT2D eigenvalue weighted by atomic mass is 16.4. The van der Waals surface area contributed by atoms with Crippen LogP contribution in [0.1, 0.15) is 11.1 Å². The summed E-state index contributed by atoms with van der Waals surface area (Å²) in [6, 6.07) is 11.7. The molecule has 1 N–H and O–H groups in total. The summed E-state index contributed by atoms with van der Waals surface area (Å²) in [5.74, 6) is -0.838. The topological polar surface area (TPSA) is 50.2 Å². The third kappa shape index (κ3) is 2.91. The van der Waals surface area contributed by atoms with Gasteiger partial charge in [-0.1, -0.05) is 35.9 Å². The van der Waals surface area contributed by atoms with E-state index in [1.54, 1.807) is 12.3 Å². The molecule has 0 saturated heterocycles. The number of carboxylic acids is 1. The number of hydrogen-bond donors (Lipinski definition) is 1. The average Bonchev–Trinajstić information content (AvgIpc) is 2.30. The molecule has 0 aliphatic rings. The van der Waals surface area contributed by atoms with Crippen LogP contribution in [-0.4, -0.2) is 16.1 Å². The van der Waals surface area contributed by atoms with E-state index in [2.05, 4.69) is 4.98 Å². The average molecular weight is 227 g/mol. The Morgan fingerprint density at radius 3 is 2.41 bits per heavy atom. The first-order valence-electron chi connectivity index (χ1n) is 5.39. The smallest absolute Gasteiger partial charge is 0.307 e. The molecule has 0 bridgehead atoms. The molecule has 86 valence electrons. The standard InChI is InChI=1S/C14H13NO2/c1-10-2-5-12(6-3-10)13-7-4-11(9-15-13)8-14(16)17/h2-7,9H,8H2,1H3,(H,16,17). The van der Waals surface area contributed by atoms with Crippen LogP contribution in [-0.2, 0) is 11.2 Å². The Labute approximate surface area is 99.8 Å². The zero-order valence-corrected chi connectivity index (χ0v) is 9.55. The minimum atomic E-state index is -0.838. The van der Waals surface area contributed by atoms with Crippen molar-refractivity contribution in [3.05, 3.63) is 53.7 Å². The number of carbonyl (C=O) groups is 1. The monoisotopic (exact) mass is 227 g/mol. The van der Waals surface area contributed by atoms with Crippen molar-refractivity contribution in [2.24, 2.45) is 0 Å². The quantitative estimate of drug-likeness (QED) is 0.877. The lowest BCUT2D eigenvalue weighted by molar-refractivity contribution is -0.136. The summed E-state index contributed by atoms with van der Waals surface area (Å²) in [7, 11) is 0. The molecule has 0 aliphatic heterocycles. The minimum Gasteiger partial charge on any atom is -0.481 e. The number of aliphatic carboxylic acids is 1. The number of hydrogen-bond acceptors (Lipinski definition) is 2. The third-order valence-corrected chi connectivity index (χ3v) is 2.53. The van der Waals surface area contributed by atoms with Gasteiger partial charge in [-0.3, -0.25) is 9.78 Å². The number of pyridine rings is 1. The summed E-state index contributed by atoms with van der Waals surface area (Å²) >= 11 is 0. The molecule has 0 aliphatic carbocycles. The normalized spacial score (nSPS) is 10.2. The summed E-state index contributed by atoms with van der Waals surface area (Å²) in [6.07, 6.45) is 1.63. The van der Waals surface area contributed by atoms with Crippen LogP contribution in [0.3, 0.4) is 0 Å². The van der Waals surface area contributed by atoms with E-state index < -0.39 is 5.97 Å². The summed E-state index contributed by atoms with van der Waals surface area (Å²) in [5, 5.41) is 8.66. The van der Waals surface area contributed by atoms with E-state index in [1.807, 2.05) is 37.3 Å². The van der Waals surface area contributed by atoms with Crippen molar-refractivity contribution in [2.45, 2.75) is 13.3 Å². The van der Waals surface area contributed by atoms with E-state index in [9.17, 15) is 4.79 Å². The van der Waals surface area contributed by atoms with Crippen LogP contribution in [0.4, 0.5) is 0 Å². The molecule has 1 aromatic carbocycles. The van der Waals surface area contributed by atoms with Crippen LogP contribution >= 0.6 is 0 Å². The van der Waals surface area contributed by atoms with Crippen molar-refractivity contribution in [3.8, 4) is 11.3 Å². The third-order valence-electron chi connectivity index (χ3n) is 2.53. The molecule has 0 fully saturated rings. The van der Waals surface area contributed by atoms with Gasteiger partial charge < -0.3 is 5.11 Å². The maximum atomic E-state index is 10.5. The predicted octanol–water partition coefficient (Wildman–Crippen LogP) is 2.68. The second-order valence-electron chi connectivity index (χ2n) is 3.99. The molecule has 0 unspecified atom stereocenters. The molecule has 17 heavy (non-hydrogen) atoms. The molecule has 2 aromatic rings. The van der Waals surface area contributed by atoms with Crippen LogP contribution in [0.15, 0.2) is 42.6 Å². The second kappa shape index (κ2) is 4.78. The van der Waals surface area contributed by atoms with Crippen molar-refractivity contribution < 1.29 is 9.90 Å². The maximum Gasteiger partial charge on any atom is 0.307 e. The van der Waals surface area contributed by atoms with Gasteiger partial charge in [0.15, 0.2) is 0 Å². The van der Waals surface area contributed by atoms with Gasteiger partial charge in [0.2, 0.25) is 0 Å². The second-order valence-corrected chi connectivity index (χ2v) is 3.99. The van der Waals surface area contributed by atoms with Gasteiger partial charge in [-0.15, -0.1) is 0 Å². The molecule has 0 spiro atoms. The number of nitrogens with zero attached hydrogens (tertiary/aromatic N) is 1. The van der Waals surface area contributed by atoms with Crippen molar-refractivity contribution >= 4 is 5.97 Å². The van der Waals surface area contributed by atoms with E-state index in [4.69, 9.17) is 5.11 Å². The number of aryl methyl sites for hydroxylation is 1. The first kappa shape index (κ1) is 11.3. The van der Waals surface area contributed by atoms with Gasteiger partial charge >= 0.3 is 5.97 Å². The molecular formula is C14H13NO2. The van der Waals surface area contributed by atoms with E-state index >= 15 is 0 Å². The Bertz CT molecular complexity index is 515. The lowest BCUT2D eigenvalue weighted by Crippen LogP contribution is -2.00. The van der Waals surface area contributed by atoms with E-state index in [0.29, 0.717) is 5.56 Å². The molecule has 2 rings (SSSR count). The zero-order chi connectivity index (χ0) is 12.3. The number of rotatable bonds is 3. The van der Waals surface area contributed by atoms with Gasteiger partial charge in [0.05, 0.1) is 12.1 Å². The van der Waals surface area contributed by atoms with Gasteiger partial charge in [-0.2, -0.15) is 0 Å². The highest BCUT2D eigenvalue weighted by Gasteiger charge is 2.02. The fourth-order valence-corrected chi connectivity index (χ4v) is 1.60. The molecule has 0 amide bonds. The number of aromatic nitrogens is 1. The van der Waals surface area contributed by atoms with E-state index in [-0.39, 0.29) is 6.42 Å². The van der Waals surface area contributed by atoms with E-state index in [0.717, 1.165) is 11.3 Å². The maximum absolute atomic E-state index is 10.5. The summed E-state index contributed by atoms with van der Waals surface area (Å²) in [5.41, 5.74) is 3.82. The molecule has 3 nitrogen and oxygen atoms in total. The highest BCUT2D eigenvalue weighted by molar-refractivity contribution is 5.70. The molecule has 1 heterocycles. The van der Waals surface area contributed by atoms with Crippen LogP contribution in [0, 0.1) is 6.92 Å². The zero-order valence-electron chi connectivity index (χ0n) is 9.55. The summed E-state index contributed by atoms with van der Waals surface area (Å²) < 4.78 is 0. The van der Waals surface area contributed by atoms with Crippen molar-refractivity contribution in [3.63, 3.8) is 0 Å². The van der Waals surface area contributed by atoms with Gasteiger partial charge in [-0.25, -0.2) is 0 Å². The number of benzene rings is 1. The molecular weight excluding hydrogens is 214 g/mol. The van der Waals surface area contributed by atoms with Crippen LogP contribution in [0.5, 0.6) is 0 Å². The molecule has 0 radical (unpaired) electrons. The molecule has 0 atom stereocenters. The van der Waals surface area contributed by atoms with Crippen LogP contribution in [0.2, 0.25) is 0 Å². The van der Waals surface area contributed by atoms with Gasteiger partial charge in [0.25, 0.3) is 0 Å². The fourth-order valence-electron chi connectivity index (χ4n) is 1.60. The van der Waals surface area contributed by atoms with Gasteiger partial charge in [-0.05, 0) is 18.6 Å². The summed E-state index contributed by atoms with van der Waals surface area (Å²) in [4.78, 5) is 14.8. The largest absolute Gasteiger partial charge is 0.481 e. The Balaban J connectivity index is 2.23. The van der Waals surface area contributed by atoms with Crippen LogP contribution < -0.4 is 0 Å². The highest BCUT2D eigenvalue weighted by Crippen LogP contribution is 2.17. The lowest BCUT2D eigenvalue weighted by Gasteiger charge is -2.02. The first-order chi connectivity index (χ1) is 8.15. The Morgan fingerprint density at radius 1 is 1.18 bits per heavy atom. The molecule has 3 heteroatoms.